The van der Waals surface area contributed by atoms with E-state index in [1.807, 2.05) is 11.4 Å². The standard InChI is InChI=1S/C11H13NO2S/c13-10-2-1-3-11(14)12(10)6-4-9-5-7-15-8-9/h5,7-8H,1-4,6H2. The fourth-order valence-electron chi connectivity index (χ4n) is 1.73. The van der Waals surface area contributed by atoms with Crippen LogP contribution in [0.3, 0.4) is 0 Å². The molecular weight excluding hydrogens is 210 g/mol. The maximum absolute atomic E-state index is 11.5. The highest BCUT2D eigenvalue weighted by atomic mass is 32.1. The van der Waals surface area contributed by atoms with Crippen molar-refractivity contribution in [1.29, 1.82) is 0 Å². The summed E-state index contributed by atoms with van der Waals surface area (Å²) in [6.45, 7) is 0.536. The summed E-state index contributed by atoms with van der Waals surface area (Å²) in [5.41, 5.74) is 1.20. The van der Waals surface area contributed by atoms with E-state index in [0.717, 1.165) is 6.42 Å². The number of nitrogens with zero attached hydrogens (tertiary/aromatic N) is 1. The Balaban J connectivity index is 1.92. The lowest BCUT2D eigenvalue weighted by Gasteiger charge is -2.24. The van der Waals surface area contributed by atoms with Crippen molar-refractivity contribution in [2.75, 3.05) is 6.54 Å². The summed E-state index contributed by atoms with van der Waals surface area (Å²) in [5.74, 6) is -0.0250. The Morgan fingerprint density at radius 2 is 2.00 bits per heavy atom. The normalized spacial score (nSPS) is 17.2. The van der Waals surface area contributed by atoms with Crippen LogP contribution in [0.25, 0.3) is 0 Å². The number of rotatable bonds is 3. The Bertz CT molecular complexity index is 343. The summed E-state index contributed by atoms with van der Waals surface area (Å²) in [7, 11) is 0. The first-order valence-electron chi connectivity index (χ1n) is 5.11. The fourth-order valence-corrected chi connectivity index (χ4v) is 2.43. The van der Waals surface area contributed by atoms with Crippen molar-refractivity contribution in [1.82, 2.24) is 4.90 Å². The highest BCUT2D eigenvalue weighted by molar-refractivity contribution is 7.07. The molecule has 1 aromatic rings. The van der Waals surface area contributed by atoms with Gasteiger partial charge in [0.05, 0.1) is 0 Å². The van der Waals surface area contributed by atoms with Gasteiger partial charge in [-0.25, -0.2) is 0 Å². The number of piperidine rings is 1. The van der Waals surface area contributed by atoms with Crippen molar-refractivity contribution in [2.24, 2.45) is 0 Å². The van der Waals surface area contributed by atoms with Crippen LogP contribution in [0.4, 0.5) is 0 Å². The second-order valence-corrected chi connectivity index (χ2v) is 4.45. The van der Waals surface area contributed by atoms with Gasteiger partial charge in [-0.05, 0) is 35.2 Å². The topological polar surface area (TPSA) is 37.4 Å². The number of thiophene rings is 1. The van der Waals surface area contributed by atoms with Crippen LogP contribution in [-0.2, 0) is 16.0 Å². The van der Waals surface area contributed by atoms with E-state index in [4.69, 9.17) is 0 Å². The predicted octanol–water partition coefficient (Wildman–Crippen LogP) is 1.83. The maximum Gasteiger partial charge on any atom is 0.229 e. The lowest BCUT2D eigenvalue weighted by atomic mass is 10.1. The molecule has 15 heavy (non-hydrogen) atoms. The van der Waals surface area contributed by atoms with Crippen LogP contribution < -0.4 is 0 Å². The minimum atomic E-state index is -0.0125. The van der Waals surface area contributed by atoms with Crippen LogP contribution in [0, 0.1) is 0 Å². The fraction of sp³-hybridized carbons (Fsp3) is 0.455. The van der Waals surface area contributed by atoms with E-state index in [1.165, 1.54) is 10.5 Å². The molecule has 0 spiro atoms. The first-order valence-corrected chi connectivity index (χ1v) is 6.06. The van der Waals surface area contributed by atoms with E-state index < -0.39 is 0 Å². The molecule has 0 unspecified atom stereocenters. The Kier molecular flexibility index (Phi) is 3.16. The third kappa shape index (κ3) is 2.45. The van der Waals surface area contributed by atoms with Crippen molar-refractivity contribution in [2.45, 2.75) is 25.7 Å². The molecular formula is C11H13NO2S. The van der Waals surface area contributed by atoms with Crippen LogP contribution in [0.5, 0.6) is 0 Å². The molecule has 1 aromatic heterocycles. The quantitative estimate of drug-likeness (QED) is 0.733. The molecule has 0 bridgehead atoms. The molecule has 1 aliphatic heterocycles. The van der Waals surface area contributed by atoms with Gasteiger partial charge in [0.1, 0.15) is 0 Å². The molecule has 0 aromatic carbocycles. The monoisotopic (exact) mass is 223 g/mol. The van der Waals surface area contributed by atoms with Crippen molar-refractivity contribution in [3.05, 3.63) is 22.4 Å². The molecule has 1 aliphatic rings. The van der Waals surface area contributed by atoms with Crippen molar-refractivity contribution < 1.29 is 9.59 Å². The Hall–Kier alpha value is -1.16. The van der Waals surface area contributed by atoms with E-state index in [-0.39, 0.29) is 11.8 Å². The summed E-state index contributed by atoms with van der Waals surface area (Å²) in [6.07, 6.45) is 2.54. The average Bonchev–Trinajstić information content (AvgIpc) is 2.70. The summed E-state index contributed by atoms with van der Waals surface area (Å²) in [6, 6.07) is 2.03. The number of amides is 2. The molecule has 0 aliphatic carbocycles. The van der Waals surface area contributed by atoms with Crippen LogP contribution in [0.2, 0.25) is 0 Å². The summed E-state index contributed by atoms with van der Waals surface area (Å²) >= 11 is 1.64. The third-order valence-electron chi connectivity index (χ3n) is 2.59. The van der Waals surface area contributed by atoms with Crippen molar-refractivity contribution in [3.63, 3.8) is 0 Å². The number of hydrogen-bond acceptors (Lipinski definition) is 3. The number of carbonyl (C=O) groups is 2. The second kappa shape index (κ2) is 4.57. The Morgan fingerprint density at radius 1 is 1.27 bits per heavy atom. The zero-order valence-corrected chi connectivity index (χ0v) is 9.26. The largest absolute Gasteiger partial charge is 0.282 e. The number of likely N-dealkylation sites (tertiary alicyclic amines) is 1. The molecule has 3 nitrogen and oxygen atoms in total. The summed E-state index contributed by atoms with van der Waals surface area (Å²) in [4.78, 5) is 24.3. The molecule has 1 saturated heterocycles. The van der Waals surface area contributed by atoms with Gasteiger partial charge in [0.2, 0.25) is 11.8 Å². The van der Waals surface area contributed by atoms with E-state index in [2.05, 4.69) is 5.38 Å². The van der Waals surface area contributed by atoms with Gasteiger partial charge in [-0.3, -0.25) is 14.5 Å². The third-order valence-corrected chi connectivity index (χ3v) is 3.32. The molecule has 2 amide bonds. The van der Waals surface area contributed by atoms with Crippen LogP contribution in [-0.4, -0.2) is 23.3 Å². The number of carbonyl (C=O) groups excluding carboxylic acids is 2. The van der Waals surface area contributed by atoms with Gasteiger partial charge in [-0.2, -0.15) is 11.3 Å². The first-order chi connectivity index (χ1) is 7.27. The van der Waals surface area contributed by atoms with Gasteiger partial charge < -0.3 is 0 Å². The lowest BCUT2D eigenvalue weighted by Crippen LogP contribution is -2.41. The molecule has 2 rings (SSSR count). The highest BCUT2D eigenvalue weighted by Crippen LogP contribution is 2.14. The van der Waals surface area contributed by atoms with E-state index in [0.29, 0.717) is 25.8 Å². The van der Waals surface area contributed by atoms with Crippen molar-refractivity contribution in [3.8, 4) is 0 Å². The van der Waals surface area contributed by atoms with Gasteiger partial charge in [-0.1, -0.05) is 0 Å². The van der Waals surface area contributed by atoms with Gasteiger partial charge >= 0.3 is 0 Å². The van der Waals surface area contributed by atoms with E-state index in [1.54, 1.807) is 11.3 Å². The zero-order valence-electron chi connectivity index (χ0n) is 8.44. The zero-order chi connectivity index (χ0) is 10.7. The Morgan fingerprint density at radius 3 is 2.60 bits per heavy atom. The minimum absolute atomic E-state index is 0.0125. The molecule has 0 radical (unpaired) electrons. The molecule has 0 N–H and O–H groups in total. The lowest BCUT2D eigenvalue weighted by molar-refractivity contribution is -0.147. The van der Waals surface area contributed by atoms with Gasteiger partial charge in [0, 0.05) is 19.4 Å². The molecule has 2 heterocycles. The van der Waals surface area contributed by atoms with Crippen LogP contribution in [0.1, 0.15) is 24.8 Å². The number of hydrogen-bond donors (Lipinski definition) is 0. The van der Waals surface area contributed by atoms with Crippen LogP contribution >= 0.6 is 11.3 Å². The molecule has 0 atom stereocenters. The average molecular weight is 223 g/mol. The Labute approximate surface area is 92.7 Å². The van der Waals surface area contributed by atoms with Gasteiger partial charge in [-0.15, -0.1) is 0 Å². The molecule has 1 fully saturated rings. The SMILES string of the molecule is O=C1CCCC(=O)N1CCc1ccsc1. The summed E-state index contributed by atoms with van der Waals surface area (Å²) in [5, 5.41) is 4.06. The molecule has 4 heteroatoms. The summed E-state index contributed by atoms with van der Waals surface area (Å²) < 4.78 is 0. The first kappa shape index (κ1) is 10.4. The predicted molar refractivity (Wildman–Crippen MR) is 58.6 cm³/mol. The van der Waals surface area contributed by atoms with Crippen LogP contribution in [0.15, 0.2) is 16.8 Å². The molecule has 0 saturated carbocycles. The maximum atomic E-state index is 11.5. The molecule has 80 valence electrons. The highest BCUT2D eigenvalue weighted by Gasteiger charge is 2.25. The number of imide groups is 1. The second-order valence-electron chi connectivity index (χ2n) is 3.67. The van der Waals surface area contributed by atoms with E-state index in [9.17, 15) is 9.59 Å². The van der Waals surface area contributed by atoms with Gasteiger partial charge in [0.15, 0.2) is 0 Å². The minimum Gasteiger partial charge on any atom is -0.282 e. The van der Waals surface area contributed by atoms with Crippen molar-refractivity contribution >= 4 is 23.2 Å². The smallest absolute Gasteiger partial charge is 0.229 e. The van der Waals surface area contributed by atoms with Gasteiger partial charge in [0.25, 0.3) is 0 Å². The van der Waals surface area contributed by atoms with E-state index >= 15 is 0 Å².